The summed E-state index contributed by atoms with van der Waals surface area (Å²) in [6.07, 6.45) is 0.758. The Balaban J connectivity index is 2.05. The number of carbonyl (C=O) groups is 6. The SMILES string of the molecule is O=C1C=CC(=O)N1C(=O)CC(=O)N1C(=O)CCC1=O. The highest BCUT2D eigenvalue weighted by Gasteiger charge is 2.38. The highest BCUT2D eigenvalue weighted by atomic mass is 16.2. The fraction of sp³-hybridized carbons (Fsp3) is 0.273. The summed E-state index contributed by atoms with van der Waals surface area (Å²) in [6.45, 7) is 0. The van der Waals surface area contributed by atoms with Crippen molar-refractivity contribution in [3.05, 3.63) is 12.2 Å². The molecular formula is C11H8N2O6. The predicted octanol–water partition coefficient (Wildman–Crippen LogP) is -1.50. The van der Waals surface area contributed by atoms with Gasteiger partial charge in [-0.1, -0.05) is 0 Å². The number of amides is 6. The van der Waals surface area contributed by atoms with E-state index >= 15 is 0 Å². The Morgan fingerprint density at radius 3 is 1.74 bits per heavy atom. The van der Waals surface area contributed by atoms with Crippen LogP contribution in [0.4, 0.5) is 0 Å². The number of carbonyl (C=O) groups excluding carboxylic acids is 6. The number of nitrogens with zero attached hydrogens (tertiary/aromatic N) is 2. The van der Waals surface area contributed by atoms with Gasteiger partial charge in [0, 0.05) is 25.0 Å². The molecule has 98 valence electrons. The molecule has 0 atom stereocenters. The maximum Gasteiger partial charge on any atom is 0.260 e. The molecule has 2 heterocycles. The Morgan fingerprint density at radius 1 is 0.842 bits per heavy atom. The lowest BCUT2D eigenvalue weighted by atomic mass is 10.3. The minimum atomic E-state index is -1.06. The molecule has 6 amide bonds. The molecule has 0 radical (unpaired) electrons. The van der Waals surface area contributed by atoms with Gasteiger partial charge >= 0.3 is 0 Å². The molecule has 2 aliphatic heterocycles. The molecule has 0 aromatic rings. The number of imide groups is 6. The Bertz CT molecular complexity index is 516. The van der Waals surface area contributed by atoms with Gasteiger partial charge in [-0.3, -0.25) is 28.8 Å². The van der Waals surface area contributed by atoms with E-state index in [1.54, 1.807) is 0 Å². The van der Waals surface area contributed by atoms with Gasteiger partial charge in [0.05, 0.1) is 0 Å². The maximum atomic E-state index is 11.6. The highest BCUT2D eigenvalue weighted by molar-refractivity contribution is 6.26. The van der Waals surface area contributed by atoms with E-state index in [1.807, 2.05) is 0 Å². The van der Waals surface area contributed by atoms with Crippen LogP contribution in [0.3, 0.4) is 0 Å². The summed E-state index contributed by atoms with van der Waals surface area (Å²) in [5, 5.41) is 0. The molecule has 0 aliphatic carbocycles. The van der Waals surface area contributed by atoms with E-state index in [1.165, 1.54) is 0 Å². The van der Waals surface area contributed by atoms with Crippen molar-refractivity contribution >= 4 is 35.4 Å². The number of rotatable bonds is 2. The van der Waals surface area contributed by atoms with Crippen molar-refractivity contribution < 1.29 is 28.8 Å². The van der Waals surface area contributed by atoms with Gasteiger partial charge in [-0.15, -0.1) is 0 Å². The van der Waals surface area contributed by atoms with Crippen LogP contribution >= 0.6 is 0 Å². The Labute approximate surface area is 106 Å². The smallest absolute Gasteiger partial charge is 0.260 e. The lowest BCUT2D eigenvalue weighted by Crippen LogP contribution is -2.42. The van der Waals surface area contributed by atoms with Crippen LogP contribution in [0.25, 0.3) is 0 Å². The molecule has 0 saturated carbocycles. The van der Waals surface area contributed by atoms with E-state index in [2.05, 4.69) is 0 Å². The van der Waals surface area contributed by atoms with Crippen molar-refractivity contribution in [1.29, 1.82) is 0 Å². The fourth-order valence-corrected chi connectivity index (χ4v) is 1.79. The zero-order chi connectivity index (χ0) is 14.2. The first-order valence-electron chi connectivity index (χ1n) is 5.39. The molecular weight excluding hydrogens is 256 g/mol. The molecule has 2 rings (SSSR count). The van der Waals surface area contributed by atoms with Gasteiger partial charge in [0.1, 0.15) is 6.42 Å². The third-order valence-electron chi connectivity index (χ3n) is 2.66. The van der Waals surface area contributed by atoms with Gasteiger partial charge in [-0.25, -0.2) is 9.80 Å². The molecule has 0 aromatic heterocycles. The Kier molecular flexibility index (Phi) is 3.07. The van der Waals surface area contributed by atoms with Crippen molar-refractivity contribution in [2.45, 2.75) is 19.3 Å². The van der Waals surface area contributed by atoms with Crippen molar-refractivity contribution in [2.75, 3.05) is 0 Å². The fourth-order valence-electron chi connectivity index (χ4n) is 1.79. The summed E-state index contributed by atoms with van der Waals surface area (Å²) in [5.74, 6) is -5.13. The molecule has 0 N–H and O–H groups in total. The van der Waals surface area contributed by atoms with E-state index in [0.29, 0.717) is 9.80 Å². The molecule has 1 saturated heterocycles. The third-order valence-corrected chi connectivity index (χ3v) is 2.66. The quantitative estimate of drug-likeness (QED) is 0.443. The summed E-state index contributed by atoms with van der Waals surface area (Å²) in [7, 11) is 0. The third kappa shape index (κ3) is 2.19. The van der Waals surface area contributed by atoms with Crippen LogP contribution in [0.15, 0.2) is 12.2 Å². The van der Waals surface area contributed by atoms with Crippen LogP contribution in [-0.4, -0.2) is 45.2 Å². The van der Waals surface area contributed by atoms with Crippen LogP contribution in [-0.2, 0) is 28.8 Å². The number of hydrogen-bond acceptors (Lipinski definition) is 6. The summed E-state index contributed by atoms with van der Waals surface area (Å²) >= 11 is 0. The van der Waals surface area contributed by atoms with Crippen molar-refractivity contribution in [3.63, 3.8) is 0 Å². The highest BCUT2D eigenvalue weighted by Crippen LogP contribution is 2.14. The summed E-state index contributed by atoms with van der Waals surface area (Å²) in [6, 6.07) is 0. The first kappa shape index (κ1) is 12.8. The summed E-state index contributed by atoms with van der Waals surface area (Å²) in [5.41, 5.74) is 0. The Hall–Kier alpha value is -2.64. The molecule has 0 unspecified atom stereocenters. The largest absolute Gasteiger partial charge is 0.274 e. The monoisotopic (exact) mass is 264 g/mol. The van der Waals surface area contributed by atoms with Crippen LogP contribution in [0.5, 0.6) is 0 Å². The van der Waals surface area contributed by atoms with Crippen LogP contribution in [0.2, 0.25) is 0 Å². The topological polar surface area (TPSA) is 109 Å². The molecule has 1 fully saturated rings. The average Bonchev–Trinajstić information content (AvgIpc) is 2.82. The second-order valence-corrected chi connectivity index (χ2v) is 3.93. The Morgan fingerprint density at radius 2 is 1.26 bits per heavy atom. The van der Waals surface area contributed by atoms with E-state index in [0.717, 1.165) is 12.2 Å². The molecule has 8 nitrogen and oxygen atoms in total. The molecule has 2 aliphatic rings. The van der Waals surface area contributed by atoms with E-state index in [4.69, 9.17) is 0 Å². The predicted molar refractivity (Wildman–Crippen MR) is 56.7 cm³/mol. The molecule has 8 heteroatoms. The number of hydrogen-bond donors (Lipinski definition) is 0. The summed E-state index contributed by atoms with van der Waals surface area (Å²) < 4.78 is 0. The lowest BCUT2D eigenvalue weighted by Gasteiger charge is -2.14. The number of likely N-dealkylation sites (tertiary alicyclic amines) is 1. The first-order chi connectivity index (χ1) is 8.91. The maximum absolute atomic E-state index is 11.6. The zero-order valence-corrected chi connectivity index (χ0v) is 9.62. The summed E-state index contributed by atoms with van der Waals surface area (Å²) in [4.78, 5) is 68.9. The van der Waals surface area contributed by atoms with E-state index in [-0.39, 0.29) is 12.8 Å². The zero-order valence-electron chi connectivity index (χ0n) is 9.62. The normalized spacial score (nSPS) is 18.7. The standard InChI is InChI=1S/C11H8N2O6/c14-6-1-2-7(15)12(6)10(18)5-11(19)13-8(16)3-4-9(13)17/h1-2H,3-5H2. The molecule has 0 aromatic carbocycles. The van der Waals surface area contributed by atoms with Crippen molar-refractivity contribution in [3.8, 4) is 0 Å². The van der Waals surface area contributed by atoms with E-state index in [9.17, 15) is 28.8 Å². The van der Waals surface area contributed by atoms with Crippen LogP contribution < -0.4 is 0 Å². The van der Waals surface area contributed by atoms with Gasteiger partial charge in [0.15, 0.2) is 0 Å². The second-order valence-electron chi connectivity index (χ2n) is 3.93. The van der Waals surface area contributed by atoms with Gasteiger partial charge < -0.3 is 0 Å². The van der Waals surface area contributed by atoms with Crippen molar-refractivity contribution in [1.82, 2.24) is 9.80 Å². The minimum absolute atomic E-state index is 0.0815. The minimum Gasteiger partial charge on any atom is -0.274 e. The van der Waals surface area contributed by atoms with Gasteiger partial charge in [-0.2, -0.15) is 0 Å². The van der Waals surface area contributed by atoms with Gasteiger partial charge in [0.2, 0.25) is 23.6 Å². The van der Waals surface area contributed by atoms with Crippen molar-refractivity contribution in [2.24, 2.45) is 0 Å². The van der Waals surface area contributed by atoms with E-state index < -0.39 is 41.9 Å². The average molecular weight is 264 g/mol. The van der Waals surface area contributed by atoms with Crippen LogP contribution in [0.1, 0.15) is 19.3 Å². The van der Waals surface area contributed by atoms with Crippen LogP contribution in [0, 0.1) is 0 Å². The molecule has 0 spiro atoms. The molecule has 19 heavy (non-hydrogen) atoms. The lowest BCUT2D eigenvalue weighted by molar-refractivity contribution is -0.152. The van der Waals surface area contributed by atoms with Gasteiger partial charge in [0.25, 0.3) is 11.8 Å². The second kappa shape index (κ2) is 4.56. The first-order valence-corrected chi connectivity index (χ1v) is 5.39. The molecule has 0 bridgehead atoms. The van der Waals surface area contributed by atoms with Gasteiger partial charge in [-0.05, 0) is 0 Å².